The summed E-state index contributed by atoms with van der Waals surface area (Å²) in [6, 6.07) is 2.42. The molecule has 1 aliphatic carbocycles. The first-order valence-corrected chi connectivity index (χ1v) is 8.45. The van der Waals surface area contributed by atoms with Crippen molar-refractivity contribution in [3.8, 4) is 0 Å². The second kappa shape index (κ2) is 5.98. The molecular formula is C14H20F2N2O2S. The summed E-state index contributed by atoms with van der Waals surface area (Å²) >= 11 is 0. The van der Waals surface area contributed by atoms with Gasteiger partial charge >= 0.3 is 0 Å². The molecule has 118 valence electrons. The molecule has 0 saturated heterocycles. The Balaban J connectivity index is 2.31. The van der Waals surface area contributed by atoms with Crippen molar-refractivity contribution in [1.82, 2.24) is 4.72 Å². The van der Waals surface area contributed by atoms with Gasteiger partial charge in [0.1, 0.15) is 16.5 Å². The van der Waals surface area contributed by atoms with Crippen molar-refractivity contribution in [2.24, 2.45) is 11.7 Å². The standard InChI is InChI=1S/C14H20F2N2O2S/c1-10-3-2-6-14(8-10,9-17)18-21(19,20)13-5-4-11(15)7-12(13)16/h4-5,7,10,18H,2-3,6,8-9,17H2,1H3. The Bertz CT molecular complexity index is 621. The van der Waals surface area contributed by atoms with Crippen molar-refractivity contribution < 1.29 is 17.2 Å². The molecular weight excluding hydrogens is 298 g/mol. The van der Waals surface area contributed by atoms with E-state index in [-0.39, 0.29) is 6.54 Å². The van der Waals surface area contributed by atoms with Crippen molar-refractivity contribution in [2.75, 3.05) is 6.54 Å². The van der Waals surface area contributed by atoms with Crippen molar-refractivity contribution in [1.29, 1.82) is 0 Å². The van der Waals surface area contributed by atoms with Crippen LogP contribution in [-0.2, 0) is 10.0 Å². The van der Waals surface area contributed by atoms with E-state index in [1.807, 2.05) is 6.92 Å². The summed E-state index contributed by atoms with van der Waals surface area (Å²) in [5.41, 5.74) is 5.01. The van der Waals surface area contributed by atoms with E-state index in [1.54, 1.807) is 0 Å². The van der Waals surface area contributed by atoms with E-state index < -0.39 is 32.1 Å². The van der Waals surface area contributed by atoms with E-state index in [0.29, 0.717) is 24.8 Å². The van der Waals surface area contributed by atoms with E-state index in [2.05, 4.69) is 4.72 Å². The maximum atomic E-state index is 13.7. The lowest BCUT2D eigenvalue weighted by molar-refractivity contribution is 0.222. The number of halogens is 2. The minimum absolute atomic E-state index is 0.152. The van der Waals surface area contributed by atoms with Gasteiger partial charge in [-0.3, -0.25) is 0 Å². The Kier molecular flexibility index (Phi) is 4.65. The zero-order valence-electron chi connectivity index (χ0n) is 11.9. The molecule has 1 fully saturated rings. The molecule has 0 spiro atoms. The average molecular weight is 318 g/mol. The van der Waals surface area contributed by atoms with Gasteiger partial charge < -0.3 is 5.73 Å². The fourth-order valence-electron chi connectivity index (χ4n) is 3.01. The van der Waals surface area contributed by atoms with Crippen LogP contribution in [0.15, 0.2) is 23.1 Å². The summed E-state index contributed by atoms with van der Waals surface area (Å²) in [4.78, 5) is -0.546. The van der Waals surface area contributed by atoms with Crippen molar-refractivity contribution in [3.05, 3.63) is 29.8 Å². The Hall–Kier alpha value is -1.05. The fourth-order valence-corrected chi connectivity index (χ4v) is 4.52. The number of sulfonamides is 1. The molecule has 0 aliphatic heterocycles. The smallest absolute Gasteiger partial charge is 0.244 e. The van der Waals surface area contributed by atoms with Gasteiger partial charge in [0.25, 0.3) is 0 Å². The molecule has 3 N–H and O–H groups in total. The molecule has 1 aromatic rings. The first-order valence-electron chi connectivity index (χ1n) is 6.97. The second-order valence-electron chi connectivity index (χ2n) is 5.87. The normalized spacial score (nSPS) is 26.8. The highest BCUT2D eigenvalue weighted by Gasteiger charge is 2.38. The molecule has 21 heavy (non-hydrogen) atoms. The van der Waals surface area contributed by atoms with Gasteiger partial charge in [0.2, 0.25) is 10.0 Å². The summed E-state index contributed by atoms with van der Waals surface area (Å²) in [6.45, 7) is 2.19. The third kappa shape index (κ3) is 3.59. The highest BCUT2D eigenvalue weighted by atomic mass is 32.2. The molecule has 7 heteroatoms. The molecule has 0 amide bonds. The number of hydrogen-bond acceptors (Lipinski definition) is 3. The van der Waals surface area contributed by atoms with Gasteiger partial charge in [-0.1, -0.05) is 19.8 Å². The van der Waals surface area contributed by atoms with Gasteiger partial charge in [0.15, 0.2) is 0 Å². The van der Waals surface area contributed by atoms with Crippen LogP contribution in [0.4, 0.5) is 8.78 Å². The Morgan fingerprint density at radius 3 is 2.71 bits per heavy atom. The molecule has 1 saturated carbocycles. The molecule has 0 aromatic heterocycles. The van der Waals surface area contributed by atoms with Crippen LogP contribution in [-0.4, -0.2) is 20.5 Å². The van der Waals surface area contributed by atoms with Crippen LogP contribution in [0.5, 0.6) is 0 Å². The second-order valence-corrected chi connectivity index (χ2v) is 7.52. The predicted octanol–water partition coefficient (Wildman–Crippen LogP) is 2.15. The van der Waals surface area contributed by atoms with E-state index in [4.69, 9.17) is 5.73 Å². The van der Waals surface area contributed by atoms with Crippen LogP contribution in [0.3, 0.4) is 0 Å². The largest absolute Gasteiger partial charge is 0.329 e. The highest BCUT2D eigenvalue weighted by Crippen LogP contribution is 2.33. The Labute approximate surface area is 123 Å². The van der Waals surface area contributed by atoms with Gasteiger partial charge in [-0.05, 0) is 30.9 Å². The van der Waals surface area contributed by atoms with Gasteiger partial charge in [0.05, 0.1) is 0 Å². The number of nitrogens with one attached hydrogen (secondary N) is 1. The van der Waals surface area contributed by atoms with Gasteiger partial charge in [-0.2, -0.15) is 0 Å². The summed E-state index contributed by atoms with van der Waals surface area (Å²) in [7, 11) is -4.07. The van der Waals surface area contributed by atoms with Crippen molar-refractivity contribution >= 4 is 10.0 Å². The lowest BCUT2D eigenvalue weighted by atomic mass is 9.77. The maximum Gasteiger partial charge on any atom is 0.244 e. The van der Waals surface area contributed by atoms with Gasteiger partial charge in [-0.25, -0.2) is 21.9 Å². The molecule has 0 heterocycles. The molecule has 2 unspecified atom stereocenters. The van der Waals surface area contributed by atoms with Gasteiger partial charge in [0, 0.05) is 18.2 Å². The number of nitrogens with two attached hydrogens (primary N) is 1. The zero-order chi connectivity index (χ0) is 15.7. The van der Waals surface area contributed by atoms with E-state index in [0.717, 1.165) is 25.0 Å². The summed E-state index contributed by atoms with van der Waals surface area (Å²) < 4.78 is 53.9. The van der Waals surface area contributed by atoms with E-state index >= 15 is 0 Å². The molecule has 0 radical (unpaired) electrons. The number of benzene rings is 1. The predicted molar refractivity (Wildman–Crippen MR) is 76.1 cm³/mol. The molecule has 0 bridgehead atoms. The van der Waals surface area contributed by atoms with Crippen LogP contribution in [0.25, 0.3) is 0 Å². The molecule has 1 aromatic carbocycles. The SMILES string of the molecule is CC1CCCC(CN)(NS(=O)(=O)c2ccc(F)cc2F)C1. The molecule has 2 atom stereocenters. The maximum absolute atomic E-state index is 13.7. The Morgan fingerprint density at radius 1 is 1.43 bits per heavy atom. The van der Waals surface area contributed by atoms with Crippen LogP contribution in [0.2, 0.25) is 0 Å². The minimum Gasteiger partial charge on any atom is -0.329 e. The lowest BCUT2D eigenvalue weighted by Crippen LogP contribution is -2.55. The summed E-state index contributed by atoms with van der Waals surface area (Å²) in [5, 5.41) is 0. The molecule has 1 aliphatic rings. The monoisotopic (exact) mass is 318 g/mol. The summed E-state index contributed by atoms with van der Waals surface area (Å²) in [6.07, 6.45) is 3.13. The third-order valence-corrected chi connectivity index (χ3v) is 5.63. The first-order chi connectivity index (χ1) is 9.78. The van der Waals surface area contributed by atoms with Crippen LogP contribution >= 0.6 is 0 Å². The van der Waals surface area contributed by atoms with Crippen LogP contribution < -0.4 is 10.5 Å². The minimum atomic E-state index is -4.07. The molecule has 4 nitrogen and oxygen atoms in total. The first kappa shape index (κ1) is 16.3. The third-order valence-electron chi connectivity index (χ3n) is 4.02. The summed E-state index contributed by atoms with van der Waals surface area (Å²) in [5.74, 6) is -1.56. The Morgan fingerprint density at radius 2 is 2.14 bits per heavy atom. The van der Waals surface area contributed by atoms with E-state index in [1.165, 1.54) is 0 Å². The van der Waals surface area contributed by atoms with E-state index in [9.17, 15) is 17.2 Å². The number of rotatable bonds is 4. The van der Waals surface area contributed by atoms with Crippen LogP contribution in [0.1, 0.15) is 32.6 Å². The number of hydrogen-bond donors (Lipinski definition) is 2. The lowest BCUT2D eigenvalue weighted by Gasteiger charge is -2.39. The highest BCUT2D eigenvalue weighted by molar-refractivity contribution is 7.89. The van der Waals surface area contributed by atoms with Gasteiger partial charge in [-0.15, -0.1) is 0 Å². The zero-order valence-corrected chi connectivity index (χ0v) is 12.7. The topological polar surface area (TPSA) is 72.2 Å². The van der Waals surface area contributed by atoms with Crippen molar-refractivity contribution in [2.45, 2.75) is 43.0 Å². The van der Waals surface area contributed by atoms with Crippen LogP contribution in [0, 0.1) is 17.6 Å². The molecule has 2 rings (SSSR count). The fraction of sp³-hybridized carbons (Fsp3) is 0.571. The quantitative estimate of drug-likeness (QED) is 0.893. The van der Waals surface area contributed by atoms with Crippen molar-refractivity contribution in [3.63, 3.8) is 0 Å². The average Bonchev–Trinajstić information content (AvgIpc) is 2.37.